The van der Waals surface area contributed by atoms with Crippen LogP contribution in [0.4, 0.5) is 5.69 Å². The highest BCUT2D eigenvalue weighted by Gasteiger charge is 2.25. The third-order valence-corrected chi connectivity index (χ3v) is 4.18. The van der Waals surface area contributed by atoms with Crippen molar-refractivity contribution in [3.8, 4) is 0 Å². The number of rotatable bonds is 5. The van der Waals surface area contributed by atoms with Crippen LogP contribution in [0.5, 0.6) is 0 Å². The fourth-order valence-electron chi connectivity index (χ4n) is 2.36. The number of esters is 1. The van der Waals surface area contributed by atoms with Crippen LogP contribution < -0.4 is 4.90 Å². The Bertz CT molecular complexity index is 915. The number of carbonyl (C=O) groups is 4. The molecule has 3 rings (SSSR count). The van der Waals surface area contributed by atoms with Crippen molar-refractivity contribution in [2.24, 2.45) is 0 Å². The van der Waals surface area contributed by atoms with Crippen LogP contribution in [0.15, 0.2) is 65.2 Å². The Balaban J connectivity index is 1.68. The Hall–Kier alpha value is -3.06. The zero-order valence-corrected chi connectivity index (χ0v) is 14.9. The average Bonchev–Trinajstić information content (AvgIpc) is 2.98. The van der Waals surface area contributed by atoms with Gasteiger partial charge in [-0.3, -0.25) is 14.4 Å². The number of ketones is 1. The fourth-order valence-corrected chi connectivity index (χ4v) is 2.62. The number of ether oxygens (including phenoxy) is 1. The van der Waals surface area contributed by atoms with Crippen LogP contribution in [0.1, 0.15) is 20.7 Å². The molecule has 1 heterocycles. The summed E-state index contributed by atoms with van der Waals surface area (Å²) in [6, 6.07) is 12.6. The molecule has 0 atom stereocenters. The summed E-state index contributed by atoms with van der Waals surface area (Å²) in [4.78, 5) is 48.6. The summed E-state index contributed by atoms with van der Waals surface area (Å²) >= 11 is 3.28. The Labute approximate surface area is 157 Å². The molecule has 2 amide bonds. The first-order chi connectivity index (χ1) is 12.5. The molecule has 2 aromatic rings. The number of halogens is 1. The van der Waals surface area contributed by atoms with E-state index < -0.39 is 24.4 Å². The van der Waals surface area contributed by atoms with E-state index >= 15 is 0 Å². The van der Waals surface area contributed by atoms with Gasteiger partial charge in [-0.1, -0.05) is 34.1 Å². The molecule has 1 aliphatic rings. The minimum atomic E-state index is -0.718. The summed E-state index contributed by atoms with van der Waals surface area (Å²) in [6.45, 7) is -0.409. The van der Waals surface area contributed by atoms with Gasteiger partial charge in [0.05, 0.1) is 11.3 Å². The average molecular weight is 414 g/mol. The minimum absolute atomic E-state index is 0.138. The molecule has 0 spiro atoms. The fraction of sp³-hybridized carbons (Fsp3) is 0.0526. The van der Waals surface area contributed by atoms with Crippen molar-refractivity contribution in [3.63, 3.8) is 0 Å². The second-order valence-corrected chi connectivity index (χ2v) is 6.32. The second-order valence-electron chi connectivity index (χ2n) is 5.40. The van der Waals surface area contributed by atoms with Gasteiger partial charge in [-0.25, -0.2) is 9.69 Å². The van der Waals surface area contributed by atoms with Gasteiger partial charge in [0.1, 0.15) is 0 Å². The highest BCUT2D eigenvalue weighted by molar-refractivity contribution is 9.10. The maximum atomic E-state index is 12.2. The zero-order chi connectivity index (χ0) is 18.7. The summed E-state index contributed by atoms with van der Waals surface area (Å²) < 4.78 is 5.88. The summed E-state index contributed by atoms with van der Waals surface area (Å²) in [6.07, 6.45) is 2.31. The first-order valence-electron chi connectivity index (χ1n) is 7.58. The zero-order valence-electron chi connectivity index (χ0n) is 13.3. The Morgan fingerprint density at radius 1 is 0.923 bits per heavy atom. The second kappa shape index (κ2) is 7.45. The number of benzene rings is 2. The minimum Gasteiger partial charge on any atom is -0.454 e. The molecule has 0 unspecified atom stereocenters. The molecule has 7 heteroatoms. The molecule has 0 saturated carbocycles. The molecule has 0 bridgehead atoms. The molecular formula is C19H12BrNO5. The molecule has 26 heavy (non-hydrogen) atoms. The summed E-state index contributed by atoms with van der Waals surface area (Å²) in [5, 5.41) is 0. The van der Waals surface area contributed by atoms with Crippen molar-refractivity contribution in [2.45, 2.75) is 0 Å². The van der Waals surface area contributed by atoms with Gasteiger partial charge in [0, 0.05) is 22.2 Å². The molecule has 130 valence electrons. The highest BCUT2D eigenvalue weighted by atomic mass is 79.9. The maximum Gasteiger partial charge on any atom is 0.338 e. The SMILES string of the molecule is O=C(COC(=O)c1cccc(N2C(=O)C=CC2=O)c1)c1ccc(Br)cc1. The lowest BCUT2D eigenvalue weighted by molar-refractivity contribution is -0.119. The Morgan fingerprint density at radius 3 is 2.23 bits per heavy atom. The van der Waals surface area contributed by atoms with Gasteiger partial charge in [0.25, 0.3) is 11.8 Å². The van der Waals surface area contributed by atoms with Gasteiger partial charge in [-0.15, -0.1) is 0 Å². The van der Waals surface area contributed by atoms with Gasteiger partial charge < -0.3 is 4.74 Å². The molecule has 6 nitrogen and oxygen atoms in total. The highest BCUT2D eigenvalue weighted by Crippen LogP contribution is 2.20. The molecule has 0 aliphatic carbocycles. The van der Waals surface area contributed by atoms with Gasteiger partial charge in [0.2, 0.25) is 0 Å². The van der Waals surface area contributed by atoms with Gasteiger partial charge >= 0.3 is 5.97 Å². The van der Waals surface area contributed by atoms with Crippen LogP contribution in [0.3, 0.4) is 0 Å². The van der Waals surface area contributed by atoms with Crippen LogP contribution in [-0.2, 0) is 14.3 Å². The molecular weight excluding hydrogens is 402 g/mol. The third kappa shape index (κ3) is 3.78. The van der Waals surface area contributed by atoms with Crippen LogP contribution in [0.2, 0.25) is 0 Å². The number of carbonyl (C=O) groups excluding carboxylic acids is 4. The number of anilines is 1. The van der Waals surface area contributed by atoms with E-state index in [9.17, 15) is 19.2 Å². The lowest BCUT2D eigenvalue weighted by atomic mass is 10.1. The quantitative estimate of drug-likeness (QED) is 0.427. The molecule has 0 fully saturated rings. The topological polar surface area (TPSA) is 80.8 Å². The molecule has 0 N–H and O–H groups in total. The molecule has 0 aromatic heterocycles. The lowest BCUT2D eigenvalue weighted by Crippen LogP contribution is -2.29. The third-order valence-electron chi connectivity index (χ3n) is 3.65. The van der Waals surface area contributed by atoms with Gasteiger partial charge in [-0.05, 0) is 30.3 Å². The van der Waals surface area contributed by atoms with Crippen molar-refractivity contribution in [1.82, 2.24) is 0 Å². The van der Waals surface area contributed by atoms with Crippen molar-refractivity contribution in [2.75, 3.05) is 11.5 Å². The van der Waals surface area contributed by atoms with E-state index in [1.165, 1.54) is 24.3 Å². The van der Waals surface area contributed by atoms with E-state index in [4.69, 9.17) is 4.74 Å². The standard InChI is InChI=1S/C19H12BrNO5/c20-14-6-4-12(5-7-14)16(22)11-26-19(25)13-2-1-3-15(10-13)21-17(23)8-9-18(21)24/h1-10H,11H2. The van der Waals surface area contributed by atoms with Crippen LogP contribution >= 0.6 is 15.9 Å². The van der Waals surface area contributed by atoms with Crippen LogP contribution in [0.25, 0.3) is 0 Å². The van der Waals surface area contributed by atoms with Crippen LogP contribution in [0, 0.1) is 0 Å². The predicted molar refractivity (Wildman–Crippen MR) is 96.8 cm³/mol. The maximum absolute atomic E-state index is 12.2. The van der Waals surface area contributed by atoms with E-state index in [-0.39, 0.29) is 17.0 Å². The largest absolute Gasteiger partial charge is 0.454 e. The number of amides is 2. The van der Waals surface area contributed by atoms with Crippen molar-refractivity contribution in [1.29, 1.82) is 0 Å². The summed E-state index contributed by atoms with van der Waals surface area (Å²) in [5.74, 6) is -2.02. The van der Waals surface area contributed by atoms with Crippen molar-refractivity contribution < 1.29 is 23.9 Å². The first kappa shape index (κ1) is 17.8. The van der Waals surface area contributed by atoms with Crippen molar-refractivity contribution >= 4 is 45.2 Å². The monoisotopic (exact) mass is 413 g/mol. The smallest absolute Gasteiger partial charge is 0.338 e. The Morgan fingerprint density at radius 2 is 1.58 bits per heavy atom. The molecule has 0 radical (unpaired) electrons. The molecule has 2 aromatic carbocycles. The number of nitrogens with zero attached hydrogens (tertiary/aromatic N) is 1. The summed E-state index contributed by atoms with van der Waals surface area (Å²) in [5.41, 5.74) is 0.825. The van der Waals surface area contributed by atoms with Gasteiger partial charge in [-0.2, -0.15) is 0 Å². The van der Waals surface area contributed by atoms with Crippen molar-refractivity contribution in [3.05, 3.63) is 76.3 Å². The molecule has 0 saturated heterocycles. The normalized spacial score (nSPS) is 13.2. The molecule has 1 aliphatic heterocycles. The van der Waals surface area contributed by atoms with Gasteiger partial charge in [0.15, 0.2) is 12.4 Å². The Kier molecular flexibility index (Phi) is 5.09. The van der Waals surface area contributed by atoms with E-state index in [2.05, 4.69) is 15.9 Å². The van der Waals surface area contributed by atoms with E-state index in [1.54, 1.807) is 24.3 Å². The van der Waals surface area contributed by atoms with Crippen LogP contribution in [-0.4, -0.2) is 30.2 Å². The van der Waals surface area contributed by atoms with E-state index in [0.717, 1.165) is 21.5 Å². The van der Waals surface area contributed by atoms with E-state index in [0.29, 0.717) is 5.56 Å². The first-order valence-corrected chi connectivity index (χ1v) is 8.37. The number of Topliss-reactive ketones (excluding diaryl/α,β-unsaturated/α-hetero) is 1. The number of hydrogen-bond acceptors (Lipinski definition) is 5. The number of hydrogen-bond donors (Lipinski definition) is 0. The summed E-state index contributed by atoms with van der Waals surface area (Å²) in [7, 11) is 0. The number of imide groups is 1. The van der Waals surface area contributed by atoms with E-state index in [1.807, 2.05) is 0 Å². The lowest BCUT2D eigenvalue weighted by Gasteiger charge is -2.14. The predicted octanol–water partition coefficient (Wildman–Crippen LogP) is 2.92.